The summed E-state index contributed by atoms with van der Waals surface area (Å²) < 4.78 is 0. The fourth-order valence-electron chi connectivity index (χ4n) is 2.45. The lowest BCUT2D eigenvalue weighted by Gasteiger charge is -2.51. The van der Waals surface area contributed by atoms with Crippen LogP contribution in [0.3, 0.4) is 0 Å². The average Bonchev–Trinajstić information content (AvgIpc) is 2.32. The van der Waals surface area contributed by atoms with Crippen LogP contribution in [0.2, 0.25) is 0 Å². The van der Waals surface area contributed by atoms with E-state index in [9.17, 15) is 9.59 Å². The second-order valence-electron chi connectivity index (χ2n) is 4.75. The average molecular weight is 244 g/mol. The highest BCUT2D eigenvalue weighted by atomic mass is 16.2. The number of fused-ring (bicyclic) bond motifs is 2. The van der Waals surface area contributed by atoms with Crippen molar-refractivity contribution in [1.29, 1.82) is 0 Å². The van der Waals surface area contributed by atoms with Crippen LogP contribution in [0.4, 0.5) is 0 Å². The number of carbonyl (C=O) groups is 2. The van der Waals surface area contributed by atoms with E-state index in [1.807, 2.05) is 0 Å². The molecule has 0 radical (unpaired) electrons. The molecular formula is C12H12N4O2. The molecule has 2 saturated heterocycles. The topological polar surface area (TPSA) is 84.0 Å². The van der Waals surface area contributed by atoms with Gasteiger partial charge >= 0.3 is 0 Å². The molecule has 1 aromatic heterocycles. The zero-order chi connectivity index (χ0) is 12.8. The van der Waals surface area contributed by atoms with E-state index >= 15 is 0 Å². The number of allylic oxidation sites excluding steroid dienone is 1. The molecule has 2 aliphatic heterocycles. The number of hydrogen-bond donors (Lipinski definition) is 2. The Bertz CT molecular complexity index is 534. The van der Waals surface area contributed by atoms with E-state index in [1.165, 1.54) is 18.7 Å². The van der Waals surface area contributed by atoms with Crippen molar-refractivity contribution in [2.24, 2.45) is 5.92 Å². The number of carbonyl (C=O) groups excluding carboxylic acids is 2. The summed E-state index contributed by atoms with van der Waals surface area (Å²) in [6.45, 7) is 3.79. The van der Waals surface area contributed by atoms with Gasteiger partial charge < -0.3 is 10.6 Å². The van der Waals surface area contributed by atoms with Crippen molar-refractivity contribution in [3.05, 3.63) is 36.6 Å². The third-order valence-corrected chi connectivity index (χ3v) is 3.57. The molecule has 6 nitrogen and oxygen atoms in total. The fraction of sp³-hybridized carbons (Fsp3) is 0.333. The largest absolute Gasteiger partial charge is 0.337 e. The third-order valence-electron chi connectivity index (χ3n) is 3.57. The Morgan fingerprint density at radius 2 is 2.11 bits per heavy atom. The second kappa shape index (κ2) is 3.63. The van der Waals surface area contributed by atoms with Gasteiger partial charge in [-0.3, -0.25) is 9.59 Å². The molecule has 3 aliphatic rings. The van der Waals surface area contributed by atoms with Gasteiger partial charge in [-0.1, -0.05) is 6.58 Å². The van der Waals surface area contributed by atoms with Crippen LogP contribution in [0.5, 0.6) is 0 Å². The summed E-state index contributed by atoms with van der Waals surface area (Å²) in [5.41, 5.74) is 0.324. The lowest BCUT2D eigenvalue weighted by Crippen LogP contribution is -2.70. The Balaban J connectivity index is 1.77. The molecule has 18 heavy (non-hydrogen) atoms. The molecule has 0 unspecified atom stereocenters. The minimum absolute atomic E-state index is 0.180. The van der Waals surface area contributed by atoms with Gasteiger partial charge in [0.05, 0.1) is 5.56 Å². The Labute approximate surface area is 104 Å². The van der Waals surface area contributed by atoms with Crippen molar-refractivity contribution in [2.75, 3.05) is 0 Å². The van der Waals surface area contributed by atoms with E-state index in [0.29, 0.717) is 18.4 Å². The van der Waals surface area contributed by atoms with Crippen molar-refractivity contribution in [3.8, 4) is 0 Å². The first-order chi connectivity index (χ1) is 8.61. The maximum atomic E-state index is 12.0. The summed E-state index contributed by atoms with van der Waals surface area (Å²) in [5, 5.41) is 5.47. The highest BCUT2D eigenvalue weighted by Crippen LogP contribution is 2.45. The quantitative estimate of drug-likeness (QED) is 0.767. The number of amides is 2. The van der Waals surface area contributed by atoms with Crippen LogP contribution in [-0.2, 0) is 4.79 Å². The van der Waals surface area contributed by atoms with Crippen LogP contribution in [-0.4, -0.2) is 27.3 Å². The van der Waals surface area contributed by atoms with Gasteiger partial charge in [-0.2, -0.15) is 0 Å². The zero-order valence-electron chi connectivity index (χ0n) is 9.64. The molecule has 3 fully saturated rings. The van der Waals surface area contributed by atoms with Gasteiger partial charge in [-0.15, -0.1) is 0 Å². The summed E-state index contributed by atoms with van der Waals surface area (Å²) in [6, 6.07) is 0. The summed E-state index contributed by atoms with van der Waals surface area (Å²) in [7, 11) is 0. The molecule has 1 aliphatic carbocycles. The minimum Gasteiger partial charge on any atom is -0.337 e. The number of nitrogens with one attached hydrogen (secondary N) is 2. The van der Waals surface area contributed by atoms with E-state index < -0.39 is 5.54 Å². The molecule has 0 spiro atoms. The van der Waals surface area contributed by atoms with Crippen molar-refractivity contribution in [2.45, 2.75) is 18.4 Å². The van der Waals surface area contributed by atoms with Gasteiger partial charge in [-0.25, -0.2) is 9.97 Å². The Hall–Kier alpha value is -2.24. The van der Waals surface area contributed by atoms with E-state index in [0.717, 1.165) is 5.70 Å². The molecule has 4 rings (SSSR count). The first-order valence-electron chi connectivity index (χ1n) is 5.68. The molecule has 0 aromatic carbocycles. The number of hydrogen-bond acceptors (Lipinski definition) is 4. The van der Waals surface area contributed by atoms with Gasteiger partial charge in [0.15, 0.2) is 0 Å². The number of nitrogens with zero attached hydrogens (tertiary/aromatic N) is 2. The fourth-order valence-corrected chi connectivity index (χ4v) is 2.45. The SMILES string of the molecule is C=C1NC(=O)C2(NC(=O)c3cncnc3)CC1C2. The third kappa shape index (κ3) is 1.49. The lowest BCUT2D eigenvalue weighted by atomic mass is 9.63. The Morgan fingerprint density at radius 1 is 1.44 bits per heavy atom. The van der Waals surface area contributed by atoms with Crippen LogP contribution in [0.1, 0.15) is 23.2 Å². The van der Waals surface area contributed by atoms with Crippen molar-refractivity contribution in [3.63, 3.8) is 0 Å². The van der Waals surface area contributed by atoms with Gasteiger partial charge in [0.1, 0.15) is 11.9 Å². The second-order valence-corrected chi connectivity index (χ2v) is 4.75. The lowest BCUT2D eigenvalue weighted by molar-refractivity contribution is -0.135. The first kappa shape index (κ1) is 10.9. The highest BCUT2D eigenvalue weighted by Gasteiger charge is 2.56. The van der Waals surface area contributed by atoms with E-state index in [1.54, 1.807) is 0 Å². The molecule has 1 saturated carbocycles. The van der Waals surface area contributed by atoms with Crippen LogP contribution in [0, 0.1) is 5.92 Å². The van der Waals surface area contributed by atoms with Crippen molar-refractivity contribution in [1.82, 2.24) is 20.6 Å². The molecule has 92 valence electrons. The van der Waals surface area contributed by atoms with Crippen molar-refractivity contribution >= 4 is 11.8 Å². The summed E-state index contributed by atoms with van der Waals surface area (Å²) >= 11 is 0. The van der Waals surface area contributed by atoms with Crippen LogP contribution in [0.25, 0.3) is 0 Å². The van der Waals surface area contributed by atoms with Gasteiger partial charge in [0.25, 0.3) is 5.91 Å². The van der Waals surface area contributed by atoms with Crippen LogP contribution in [0.15, 0.2) is 31.0 Å². The van der Waals surface area contributed by atoms with E-state index in [-0.39, 0.29) is 17.7 Å². The maximum absolute atomic E-state index is 12.0. The highest BCUT2D eigenvalue weighted by molar-refractivity contribution is 6.00. The minimum atomic E-state index is -0.779. The first-order valence-corrected chi connectivity index (χ1v) is 5.68. The monoisotopic (exact) mass is 244 g/mol. The van der Waals surface area contributed by atoms with Crippen molar-refractivity contribution < 1.29 is 9.59 Å². The summed E-state index contributed by atoms with van der Waals surface area (Å²) in [4.78, 5) is 31.4. The molecule has 2 N–H and O–H groups in total. The molecule has 2 bridgehead atoms. The molecule has 1 aromatic rings. The predicted molar refractivity (Wildman–Crippen MR) is 62.2 cm³/mol. The Morgan fingerprint density at radius 3 is 2.72 bits per heavy atom. The molecule has 6 heteroatoms. The molecule has 0 atom stereocenters. The normalized spacial score (nSPS) is 29.2. The Kier molecular flexibility index (Phi) is 2.19. The van der Waals surface area contributed by atoms with E-state index in [2.05, 4.69) is 27.2 Å². The summed E-state index contributed by atoms with van der Waals surface area (Å²) in [6.07, 6.45) is 5.45. The zero-order valence-corrected chi connectivity index (χ0v) is 9.64. The smallest absolute Gasteiger partial charge is 0.255 e. The van der Waals surface area contributed by atoms with Gasteiger partial charge in [-0.05, 0) is 12.8 Å². The standard InChI is InChI=1S/C12H12N4O2/c1-7-8-2-12(3-8,11(18)15-7)16-10(17)9-4-13-6-14-5-9/h4-6,8H,1-3H2,(H,15,18)(H,16,17). The summed E-state index contributed by atoms with van der Waals surface area (Å²) in [5.74, 6) is -0.230. The van der Waals surface area contributed by atoms with Crippen LogP contribution >= 0.6 is 0 Å². The maximum Gasteiger partial charge on any atom is 0.255 e. The molecule has 2 amide bonds. The van der Waals surface area contributed by atoms with Gasteiger partial charge in [0, 0.05) is 24.0 Å². The van der Waals surface area contributed by atoms with E-state index in [4.69, 9.17) is 0 Å². The predicted octanol–water partition coefficient (Wildman–Crippen LogP) is -0.00130. The van der Waals surface area contributed by atoms with Gasteiger partial charge in [0.2, 0.25) is 5.91 Å². The molecule has 3 heterocycles. The van der Waals surface area contributed by atoms with Crippen LogP contribution < -0.4 is 10.6 Å². The number of piperidine rings is 2. The number of aromatic nitrogens is 2. The number of rotatable bonds is 2. The molecular weight excluding hydrogens is 232 g/mol.